The number of rotatable bonds is 6. The second kappa shape index (κ2) is 8.11. The number of benzene rings is 2. The Morgan fingerprint density at radius 2 is 1.62 bits per heavy atom. The van der Waals surface area contributed by atoms with Crippen LogP contribution in [0.5, 0.6) is 5.75 Å². The number of aromatic hydroxyl groups is 1. The number of nitrogens with one attached hydrogen (secondary N) is 1. The first-order valence-electron chi connectivity index (χ1n) is 8.10. The number of carboxylic acid groups (broad SMARTS) is 1. The summed E-state index contributed by atoms with van der Waals surface area (Å²) >= 11 is 0. The number of amides is 1. The average molecular weight is 431 g/mol. The molecule has 2 rings (SSSR count). The van der Waals surface area contributed by atoms with Crippen LogP contribution >= 0.6 is 0 Å². The highest BCUT2D eigenvalue weighted by atomic mass is 32.2. The van der Waals surface area contributed by atoms with Gasteiger partial charge in [-0.05, 0) is 49.2 Å². The topological polar surface area (TPSA) is 121 Å². The molecule has 0 bridgehead atoms. The lowest BCUT2D eigenvalue weighted by atomic mass is 10.1. The first-order chi connectivity index (χ1) is 13.3. The summed E-state index contributed by atoms with van der Waals surface area (Å²) in [6.45, 7) is 1.37. The molecule has 1 unspecified atom stereocenters. The number of sulfone groups is 1. The maximum absolute atomic E-state index is 12.7. The van der Waals surface area contributed by atoms with Gasteiger partial charge in [0.05, 0.1) is 9.79 Å². The van der Waals surface area contributed by atoms with E-state index in [9.17, 15) is 36.3 Å². The Morgan fingerprint density at radius 3 is 2.14 bits per heavy atom. The number of carbonyl (C=O) groups is 2. The van der Waals surface area contributed by atoms with Crippen molar-refractivity contribution in [2.24, 2.45) is 0 Å². The van der Waals surface area contributed by atoms with Crippen LogP contribution in [0.1, 0.15) is 22.8 Å². The lowest BCUT2D eigenvalue weighted by Crippen LogP contribution is -2.42. The van der Waals surface area contributed by atoms with E-state index in [-0.39, 0.29) is 16.2 Å². The van der Waals surface area contributed by atoms with Crippen molar-refractivity contribution < 1.29 is 41.4 Å². The van der Waals surface area contributed by atoms with Crippen molar-refractivity contribution in [3.63, 3.8) is 0 Å². The van der Waals surface area contributed by atoms with E-state index in [4.69, 9.17) is 5.11 Å². The van der Waals surface area contributed by atoms with Gasteiger partial charge in [-0.2, -0.15) is 13.2 Å². The largest absolute Gasteiger partial charge is 0.507 e. The van der Waals surface area contributed by atoms with E-state index in [1.54, 1.807) is 5.32 Å². The van der Waals surface area contributed by atoms with Gasteiger partial charge in [0.1, 0.15) is 11.3 Å². The summed E-state index contributed by atoms with van der Waals surface area (Å²) in [7, 11) is -4.09. The van der Waals surface area contributed by atoms with Gasteiger partial charge in [-0.1, -0.05) is 12.1 Å². The van der Waals surface area contributed by atoms with Crippen molar-refractivity contribution in [3.8, 4) is 5.75 Å². The molecule has 3 N–H and O–H groups in total. The minimum absolute atomic E-state index is 0.0323. The summed E-state index contributed by atoms with van der Waals surface area (Å²) in [5.74, 6) is -4.14. The summed E-state index contributed by atoms with van der Waals surface area (Å²) in [6, 6.07) is 7.18. The smallest absolute Gasteiger partial charge is 0.471 e. The van der Waals surface area contributed by atoms with Crippen molar-refractivity contribution in [3.05, 3.63) is 53.6 Å². The van der Waals surface area contributed by atoms with E-state index in [0.717, 1.165) is 18.2 Å². The highest BCUT2D eigenvalue weighted by Crippen LogP contribution is 2.26. The van der Waals surface area contributed by atoms with E-state index in [2.05, 4.69) is 0 Å². The van der Waals surface area contributed by atoms with E-state index in [1.807, 2.05) is 0 Å². The van der Waals surface area contributed by atoms with Crippen LogP contribution in [-0.2, 0) is 21.1 Å². The first kappa shape index (κ1) is 22.2. The molecule has 0 saturated heterocycles. The Balaban J connectivity index is 2.20. The molecule has 0 spiro atoms. The molecule has 0 aliphatic heterocycles. The quantitative estimate of drug-likeness (QED) is 0.646. The van der Waals surface area contributed by atoms with Crippen molar-refractivity contribution >= 4 is 21.7 Å². The van der Waals surface area contributed by atoms with Crippen molar-refractivity contribution in [2.45, 2.75) is 35.4 Å². The van der Waals surface area contributed by atoms with Crippen LogP contribution in [0.4, 0.5) is 13.2 Å². The number of aromatic carboxylic acids is 1. The van der Waals surface area contributed by atoms with Crippen LogP contribution in [0.3, 0.4) is 0 Å². The Hall–Kier alpha value is -3.08. The lowest BCUT2D eigenvalue weighted by molar-refractivity contribution is -0.174. The molecular weight excluding hydrogens is 415 g/mol. The zero-order chi connectivity index (χ0) is 22.0. The summed E-state index contributed by atoms with van der Waals surface area (Å²) in [4.78, 5) is 21.5. The van der Waals surface area contributed by atoms with Crippen molar-refractivity contribution in [1.29, 1.82) is 0 Å². The standard InChI is InChI=1S/C18H16F3NO6S/c1-10(22-17(26)18(19,20)21)8-11-2-4-12(5-3-11)29(27,28)13-6-7-15(23)14(9-13)16(24)25/h2-7,9-10,23H,8H2,1H3,(H,22,26)(H,24,25). The second-order valence-corrected chi connectivity index (χ2v) is 8.16. The normalized spacial score (nSPS) is 13.0. The molecule has 29 heavy (non-hydrogen) atoms. The van der Waals surface area contributed by atoms with E-state index in [1.165, 1.54) is 31.2 Å². The summed E-state index contributed by atoms with van der Waals surface area (Å²) in [5.41, 5.74) is -0.0900. The summed E-state index contributed by atoms with van der Waals surface area (Å²) < 4.78 is 62.1. The molecule has 0 fully saturated rings. The predicted molar refractivity (Wildman–Crippen MR) is 94.3 cm³/mol. The van der Waals surface area contributed by atoms with Gasteiger partial charge in [-0.25, -0.2) is 13.2 Å². The maximum Gasteiger partial charge on any atom is 0.471 e. The molecule has 2 aromatic carbocycles. The van der Waals surface area contributed by atoms with Crippen LogP contribution in [-0.4, -0.2) is 42.7 Å². The third-order valence-electron chi connectivity index (χ3n) is 3.92. The molecule has 0 aliphatic carbocycles. The van der Waals surface area contributed by atoms with Gasteiger partial charge in [0.2, 0.25) is 9.84 Å². The third-order valence-corrected chi connectivity index (χ3v) is 5.69. The lowest BCUT2D eigenvalue weighted by Gasteiger charge is -2.15. The van der Waals surface area contributed by atoms with Crippen LogP contribution in [0, 0.1) is 0 Å². The Kier molecular flexibility index (Phi) is 6.21. The Labute approximate surface area is 163 Å². The van der Waals surface area contributed by atoms with Crippen LogP contribution in [0.15, 0.2) is 52.3 Å². The number of carbonyl (C=O) groups excluding carboxylic acids is 1. The number of halogens is 3. The number of hydrogen-bond donors (Lipinski definition) is 3. The predicted octanol–water partition coefficient (Wildman–Crippen LogP) is 2.53. The second-order valence-electron chi connectivity index (χ2n) is 6.21. The number of alkyl halides is 3. The highest BCUT2D eigenvalue weighted by molar-refractivity contribution is 7.91. The molecular formula is C18H16F3NO6S. The molecule has 0 radical (unpaired) electrons. The number of phenols is 1. The third kappa shape index (κ3) is 5.25. The van der Waals surface area contributed by atoms with E-state index >= 15 is 0 Å². The van der Waals surface area contributed by atoms with Crippen molar-refractivity contribution in [1.82, 2.24) is 5.32 Å². The van der Waals surface area contributed by atoms with E-state index in [0.29, 0.717) is 5.56 Å². The fourth-order valence-corrected chi connectivity index (χ4v) is 3.79. The van der Waals surface area contributed by atoms with Gasteiger partial charge < -0.3 is 15.5 Å². The van der Waals surface area contributed by atoms with Crippen LogP contribution < -0.4 is 5.32 Å². The highest BCUT2D eigenvalue weighted by Gasteiger charge is 2.39. The summed E-state index contributed by atoms with van der Waals surface area (Å²) in [6.07, 6.45) is -4.96. The zero-order valence-corrected chi connectivity index (χ0v) is 15.7. The fourth-order valence-electron chi connectivity index (χ4n) is 2.50. The minimum Gasteiger partial charge on any atom is -0.507 e. The maximum atomic E-state index is 12.7. The monoisotopic (exact) mass is 431 g/mol. The van der Waals surface area contributed by atoms with E-state index < -0.39 is 45.2 Å². The molecule has 2 aromatic rings. The first-order valence-corrected chi connectivity index (χ1v) is 9.58. The van der Waals surface area contributed by atoms with Gasteiger partial charge in [-0.3, -0.25) is 4.79 Å². The molecule has 11 heteroatoms. The van der Waals surface area contributed by atoms with Crippen LogP contribution in [0.25, 0.3) is 0 Å². The Morgan fingerprint density at radius 1 is 1.07 bits per heavy atom. The molecule has 156 valence electrons. The molecule has 1 atom stereocenters. The van der Waals surface area contributed by atoms with Crippen molar-refractivity contribution in [2.75, 3.05) is 0 Å². The molecule has 0 aliphatic rings. The van der Waals surface area contributed by atoms with Gasteiger partial charge in [0, 0.05) is 6.04 Å². The van der Waals surface area contributed by atoms with Gasteiger partial charge >= 0.3 is 18.1 Å². The summed E-state index contributed by atoms with van der Waals surface area (Å²) in [5, 5.41) is 20.3. The molecule has 0 aromatic heterocycles. The molecule has 7 nitrogen and oxygen atoms in total. The number of hydrogen-bond acceptors (Lipinski definition) is 5. The minimum atomic E-state index is -4.99. The molecule has 1 amide bonds. The zero-order valence-electron chi connectivity index (χ0n) is 14.9. The molecule has 0 saturated carbocycles. The number of carboxylic acids is 1. The average Bonchev–Trinajstić information content (AvgIpc) is 2.61. The van der Waals surface area contributed by atoms with Gasteiger partial charge in [0.25, 0.3) is 0 Å². The SMILES string of the molecule is CC(Cc1ccc(S(=O)(=O)c2ccc(O)c(C(=O)O)c2)cc1)NC(=O)C(F)(F)F. The van der Waals surface area contributed by atoms with Gasteiger partial charge in [-0.15, -0.1) is 0 Å². The van der Waals surface area contributed by atoms with Gasteiger partial charge in [0.15, 0.2) is 0 Å². The Bertz CT molecular complexity index is 1030. The molecule has 0 heterocycles. The van der Waals surface area contributed by atoms with Crippen LogP contribution in [0.2, 0.25) is 0 Å². The fraction of sp³-hybridized carbons (Fsp3) is 0.222.